The summed E-state index contributed by atoms with van der Waals surface area (Å²) in [4.78, 5) is 12.4. The Morgan fingerprint density at radius 2 is 2.00 bits per heavy atom. The van der Waals surface area contributed by atoms with Gasteiger partial charge in [0.1, 0.15) is 0 Å². The van der Waals surface area contributed by atoms with Gasteiger partial charge >= 0.3 is 0 Å². The van der Waals surface area contributed by atoms with Gasteiger partial charge in [0.2, 0.25) is 5.91 Å². The monoisotopic (exact) mass is 331 g/mol. The second kappa shape index (κ2) is 6.13. The molecule has 4 nitrogen and oxygen atoms in total. The van der Waals surface area contributed by atoms with E-state index < -0.39 is 0 Å². The summed E-state index contributed by atoms with van der Waals surface area (Å²) in [5.74, 6) is 0.918. The molecule has 0 fully saturated rings. The number of carbonyl (C=O) groups is 1. The van der Waals surface area contributed by atoms with Crippen molar-refractivity contribution in [3.63, 3.8) is 0 Å². The van der Waals surface area contributed by atoms with Crippen molar-refractivity contribution in [1.29, 1.82) is 0 Å². The Hall–Kier alpha value is -2.20. The van der Waals surface area contributed by atoms with Crippen molar-refractivity contribution in [2.75, 3.05) is 19.5 Å². The van der Waals surface area contributed by atoms with Crippen LogP contribution in [-0.2, 0) is 11.2 Å². The summed E-state index contributed by atoms with van der Waals surface area (Å²) in [6.07, 6.45) is 0.502. The lowest BCUT2D eigenvalue weighted by atomic mass is 9.92. The number of methoxy groups -OCH3 is 2. The molecule has 3 rings (SSSR count). The topological polar surface area (TPSA) is 47.6 Å². The molecule has 0 saturated heterocycles. The molecule has 0 spiro atoms. The molecule has 1 amide bonds. The smallest absolute Gasteiger partial charge is 0.232 e. The molecule has 120 valence electrons. The normalized spacial score (nSPS) is 16.0. The molecule has 2 aromatic rings. The first-order valence-corrected chi connectivity index (χ1v) is 7.73. The van der Waals surface area contributed by atoms with Crippen LogP contribution in [0.25, 0.3) is 0 Å². The molecule has 0 radical (unpaired) electrons. The number of hydrogen-bond acceptors (Lipinski definition) is 3. The zero-order valence-electron chi connectivity index (χ0n) is 13.3. The molecular weight excluding hydrogens is 314 g/mol. The second-order valence-corrected chi connectivity index (χ2v) is 6.02. The largest absolute Gasteiger partial charge is 0.493 e. The first kappa shape index (κ1) is 15.7. The van der Waals surface area contributed by atoms with E-state index in [1.165, 1.54) is 0 Å². The molecule has 1 heterocycles. The molecule has 1 unspecified atom stereocenters. The third kappa shape index (κ3) is 2.75. The van der Waals surface area contributed by atoms with Gasteiger partial charge in [-0.3, -0.25) is 4.79 Å². The summed E-state index contributed by atoms with van der Waals surface area (Å²) < 4.78 is 10.8. The zero-order valence-corrected chi connectivity index (χ0v) is 14.0. The van der Waals surface area contributed by atoms with Gasteiger partial charge in [-0.05, 0) is 30.5 Å². The summed E-state index contributed by atoms with van der Waals surface area (Å²) in [6, 6.07) is 9.47. The van der Waals surface area contributed by atoms with Gasteiger partial charge in [-0.1, -0.05) is 29.8 Å². The Morgan fingerprint density at radius 1 is 1.22 bits per heavy atom. The van der Waals surface area contributed by atoms with Gasteiger partial charge in [0.15, 0.2) is 11.5 Å². The van der Waals surface area contributed by atoms with Crippen LogP contribution in [-0.4, -0.2) is 20.1 Å². The van der Waals surface area contributed by atoms with Crippen LogP contribution in [0.4, 0.5) is 5.69 Å². The van der Waals surface area contributed by atoms with Crippen LogP contribution >= 0.6 is 11.6 Å². The molecule has 2 aromatic carbocycles. The summed E-state index contributed by atoms with van der Waals surface area (Å²) >= 11 is 6.17. The van der Waals surface area contributed by atoms with E-state index >= 15 is 0 Å². The number of ether oxygens (including phenoxy) is 2. The van der Waals surface area contributed by atoms with Crippen molar-refractivity contribution in [3.05, 3.63) is 52.0 Å². The van der Waals surface area contributed by atoms with E-state index in [0.29, 0.717) is 22.9 Å². The van der Waals surface area contributed by atoms with Crippen LogP contribution < -0.4 is 14.8 Å². The van der Waals surface area contributed by atoms with E-state index in [1.54, 1.807) is 20.3 Å². The fraction of sp³-hybridized carbons (Fsp3) is 0.278. The van der Waals surface area contributed by atoms with Crippen molar-refractivity contribution >= 4 is 23.2 Å². The summed E-state index contributed by atoms with van der Waals surface area (Å²) in [7, 11) is 3.15. The van der Waals surface area contributed by atoms with E-state index in [4.69, 9.17) is 21.1 Å². The Bertz CT molecular complexity index is 773. The lowest BCUT2D eigenvalue weighted by Crippen LogP contribution is -2.15. The lowest BCUT2D eigenvalue weighted by Gasteiger charge is -2.16. The van der Waals surface area contributed by atoms with Crippen LogP contribution in [0.3, 0.4) is 0 Å². The maximum absolute atomic E-state index is 12.4. The minimum Gasteiger partial charge on any atom is -0.493 e. The highest BCUT2D eigenvalue weighted by Crippen LogP contribution is 2.41. The molecule has 23 heavy (non-hydrogen) atoms. The third-order valence-corrected chi connectivity index (χ3v) is 4.41. The van der Waals surface area contributed by atoms with Crippen molar-refractivity contribution in [3.8, 4) is 11.5 Å². The van der Waals surface area contributed by atoms with Crippen molar-refractivity contribution < 1.29 is 14.3 Å². The van der Waals surface area contributed by atoms with E-state index in [2.05, 4.69) is 5.32 Å². The highest BCUT2D eigenvalue weighted by atomic mass is 35.5. The highest BCUT2D eigenvalue weighted by molar-refractivity contribution is 6.30. The van der Waals surface area contributed by atoms with Gasteiger partial charge < -0.3 is 14.8 Å². The Balaban J connectivity index is 2.02. The number of benzene rings is 2. The molecule has 0 saturated carbocycles. The minimum atomic E-state index is -0.262. The SMILES string of the molecule is COc1cc(Cl)cc(CC2C(=O)Nc3c(C)cccc32)c1OC. The first-order valence-electron chi connectivity index (χ1n) is 7.36. The molecule has 1 atom stereocenters. The van der Waals surface area contributed by atoms with Crippen LogP contribution in [0.15, 0.2) is 30.3 Å². The molecule has 1 aliphatic heterocycles. The number of fused-ring (bicyclic) bond motifs is 1. The number of aryl methyl sites for hydroxylation is 1. The van der Waals surface area contributed by atoms with Gasteiger partial charge in [-0.15, -0.1) is 0 Å². The van der Waals surface area contributed by atoms with E-state index in [9.17, 15) is 4.79 Å². The Labute approximate surface area is 140 Å². The van der Waals surface area contributed by atoms with E-state index in [-0.39, 0.29) is 11.8 Å². The number of para-hydroxylation sites is 1. The van der Waals surface area contributed by atoms with Gasteiger partial charge in [0.25, 0.3) is 0 Å². The molecule has 0 aliphatic carbocycles. The quantitative estimate of drug-likeness (QED) is 0.923. The summed E-state index contributed by atoms with van der Waals surface area (Å²) in [5, 5.41) is 3.53. The standard InChI is InChI=1S/C18H18ClNO3/c1-10-5-4-6-13-14(18(21)20-16(10)13)8-11-7-12(19)9-15(22-2)17(11)23-3/h4-7,9,14H,8H2,1-3H3,(H,20,21). The number of amides is 1. The first-order chi connectivity index (χ1) is 11.0. The number of halogens is 1. The average Bonchev–Trinajstić information content (AvgIpc) is 2.84. The molecular formula is C18H18ClNO3. The van der Waals surface area contributed by atoms with Gasteiger partial charge in [0, 0.05) is 22.3 Å². The number of hydrogen-bond donors (Lipinski definition) is 1. The predicted molar refractivity (Wildman–Crippen MR) is 90.8 cm³/mol. The van der Waals surface area contributed by atoms with Crippen LogP contribution in [0.1, 0.15) is 22.6 Å². The fourth-order valence-electron chi connectivity index (χ4n) is 3.08. The van der Waals surface area contributed by atoms with Gasteiger partial charge in [-0.25, -0.2) is 0 Å². The Morgan fingerprint density at radius 3 is 2.70 bits per heavy atom. The van der Waals surface area contributed by atoms with Crippen molar-refractivity contribution in [2.45, 2.75) is 19.3 Å². The summed E-state index contributed by atoms with van der Waals surface area (Å²) in [5.41, 5.74) is 3.84. The maximum atomic E-state index is 12.4. The Kier molecular flexibility index (Phi) is 4.18. The van der Waals surface area contributed by atoms with Gasteiger partial charge in [-0.2, -0.15) is 0 Å². The maximum Gasteiger partial charge on any atom is 0.232 e. The number of nitrogens with one attached hydrogen (secondary N) is 1. The van der Waals surface area contributed by atoms with Crippen LogP contribution in [0, 0.1) is 6.92 Å². The number of anilines is 1. The fourth-order valence-corrected chi connectivity index (χ4v) is 3.31. The lowest BCUT2D eigenvalue weighted by molar-refractivity contribution is -0.117. The van der Waals surface area contributed by atoms with Crippen molar-refractivity contribution in [1.82, 2.24) is 0 Å². The summed E-state index contributed by atoms with van der Waals surface area (Å²) in [6.45, 7) is 1.99. The molecule has 1 N–H and O–H groups in total. The third-order valence-electron chi connectivity index (χ3n) is 4.19. The van der Waals surface area contributed by atoms with Crippen LogP contribution in [0.2, 0.25) is 5.02 Å². The van der Waals surface area contributed by atoms with E-state index in [0.717, 1.165) is 22.4 Å². The number of carbonyl (C=O) groups excluding carboxylic acids is 1. The molecule has 0 bridgehead atoms. The molecule has 0 aromatic heterocycles. The molecule has 1 aliphatic rings. The van der Waals surface area contributed by atoms with Crippen LogP contribution in [0.5, 0.6) is 11.5 Å². The number of rotatable bonds is 4. The minimum absolute atomic E-state index is 0.00436. The van der Waals surface area contributed by atoms with Gasteiger partial charge in [0.05, 0.1) is 20.1 Å². The van der Waals surface area contributed by atoms with Crippen molar-refractivity contribution in [2.24, 2.45) is 0 Å². The molecule has 5 heteroatoms. The zero-order chi connectivity index (χ0) is 16.6. The highest BCUT2D eigenvalue weighted by Gasteiger charge is 2.32. The predicted octanol–water partition coefficient (Wildman–Crippen LogP) is 3.94. The average molecular weight is 332 g/mol. The van der Waals surface area contributed by atoms with E-state index in [1.807, 2.05) is 31.2 Å². The second-order valence-electron chi connectivity index (χ2n) is 5.59.